The van der Waals surface area contributed by atoms with Crippen molar-refractivity contribution in [3.63, 3.8) is 0 Å². The molecule has 2 nitrogen and oxygen atoms in total. The fraction of sp³-hybridized carbons (Fsp3) is 0.250. The number of nitrogens with zero attached hydrogens (tertiary/aromatic N) is 1. The number of halogens is 1. The zero-order valence-corrected chi connectivity index (χ0v) is 10.6. The lowest BCUT2D eigenvalue weighted by molar-refractivity contribution is 1.14. The molecule has 2 heterocycles. The van der Waals surface area contributed by atoms with E-state index in [4.69, 9.17) is 11.6 Å². The van der Waals surface area contributed by atoms with Crippen molar-refractivity contribution in [1.82, 2.24) is 4.98 Å². The lowest BCUT2D eigenvalue weighted by Gasteiger charge is -2.04. The molecule has 1 N–H and O–H groups in total. The van der Waals surface area contributed by atoms with Gasteiger partial charge in [0.25, 0.3) is 0 Å². The molecule has 16 heavy (non-hydrogen) atoms. The van der Waals surface area contributed by atoms with Crippen molar-refractivity contribution in [2.45, 2.75) is 19.9 Å². The highest BCUT2D eigenvalue weighted by atomic mass is 35.5. The van der Waals surface area contributed by atoms with Crippen LogP contribution in [0.15, 0.2) is 30.5 Å². The normalized spacial score (nSPS) is 10.4. The number of anilines is 1. The summed E-state index contributed by atoms with van der Waals surface area (Å²) in [4.78, 5) is 6.89. The summed E-state index contributed by atoms with van der Waals surface area (Å²) in [6.45, 7) is 2.94. The van der Waals surface area contributed by atoms with Crippen LogP contribution in [0, 0.1) is 0 Å². The van der Waals surface area contributed by atoms with Gasteiger partial charge in [-0.15, -0.1) is 11.3 Å². The second-order valence-corrected chi connectivity index (χ2v) is 5.07. The Labute approximate surface area is 104 Å². The van der Waals surface area contributed by atoms with Crippen molar-refractivity contribution >= 4 is 28.8 Å². The zero-order chi connectivity index (χ0) is 11.4. The monoisotopic (exact) mass is 252 g/mol. The van der Waals surface area contributed by atoms with Gasteiger partial charge in [-0.3, -0.25) is 0 Å². The Bertz CT molecular complexity index is 468. The minimum atomic E-state index is 0.662. The summed E-state index contributed by atoms with van der Waals surface area (Å²) in [7, 11) is 0. The number of nitrogens with one attached hydrogen (secondary N) is 1. The molecule has 0 amide bonds. The molecular weight excluding hydrogens is 240 g/mol. The van der Waals surface area contributed by atoms with E-state index < -0.39 is 0 Å². The molecular formula is C12H13ClN2S. The van der Waals surface area contributed by atoms with E-state index in [2.05, 4.69) is 29.4 Å². The third kappa shape index (κ3) is 2.74. The molecule has 2 aromatic heterocycles. The van der Waals surface area contributed by atoms with E-state index in [1.54, 1.807) is 6.20 Å². The maximum atomic E-state index is 6.00. The van der Waals surface area contributed by atoms with Gasteiger partial charge in [0.05, 0.1) is 11.6 Å². The topological polar surface area (TPSA) is 24.9 Å². The first-order valence-corrected chi connectivity index (χ1v) is 6.41. The van der Waals surface area contributed by atoms with Gasteiger partial charge in [0, 0.05) is 16.0 Å². The van der Waals surface area contributed by atoms with Crippen molar-refractivity contribution in [3.8, 4) is 0 Å². The van der Waals surface area contributed by atoms with Gasteiger partial charge in [-0.1, -0.05) is 18.5 Å². The lowest BCUT2D eigenvalue weighted by atomic mass is 10.3. The summed E-state index contributed by atoms with van der Waals surface area (Å²) in [6, 6.07) is 7.98. The quantitative estimate of drug-likeness (QED) is 0.891. The van der Waals surface area contributed by atoms with Gasteiger partial charge in [0.15, 0.2) is 0 Å². The fourth-order valence-corrected chi connectivity index (χ4v) is 2.48. The molecule has 0 spiro atoms. The largest absolute Gasteiger partial charge is 0.364 e. The molecule has 2 rings (SSSR count). The van der Waals surface area contributed by atoms with Crippen LogP contribution in [-0.4, -0.2) is 4.98 Å². The minimum Gasteiger partial charge on any atom is -0.364 e. The van der Waals surface area contributed by atoms with Crippen LogP contribution in [-0.2, 0) is 13.0 Å². The van der Waals surface area contributed by atoms with Gasteiger partial charge >= 0.3 is 0 Å². The first-order chi connectivity index (χ1) is 7.79. The first-order valence-electron chi connectivity index (χ1n) is 5.21. The van der Waals surface area contributed by atoms with Gasteiger partial charge in [-0.2, -0.15) is 0 Å². The minimum absolute atomic E-state index is 0.662. The Morgan fingerprint density at radius 2 is 2.12 bits per heavy atom. The third-order valence-electron chi connectivity index (χ3n) is 2.25. The molecule has 0 aromatic carbocycles. The highest BCUT2D eigenvalue weighted by Crippen LogP contribution is 2.21. The van der Waals surface area contributed by atoms with Crippen LogP contribution >= 0.6 is 22.9 Å². The maximum absolute atomic E-state index is 6.00. The molecule has 0 atom stereocenters. The number of aromatic nitrogens is 1. The highest BCUT2D eigenvalue weighted by Gasteiger charge is 2.01. The van der Waals surface area contributed by atoms with Crippen molar-refractivity contribution in [2.75, 3.05) is 5.32 Å². The molecule has 0 aliphatic carbocycles. The molecule has 0 aliphatic heterocycles. The lowest BCUT2D eigenvalue weighted by Crippen LogP contribution is -1.99. The first kappa shape index (κ1) is 11.4. The summed E-state index contributed by atoms with van der Waals surface area (Å²) in [6.07, 6.45) is 2.83. The molecule has 0 saturated carbocycles. The van der Waals surface area contributed by atoms with E-state index in [0.29, 0.717) is 5.02 Å². The van der Waals surface area contributed by atoms with Crippen LogP contribution in [0.3, 0.4) is 0 Å². The Morgan fingerprint density at radius 3 is 2.81 bits per heavy atom. The molecule has 0 radical (unpaired) electrons. The predicted octanol–water partition coefficient (Wildman–Crippen LogP) is 3.97. The molecule has 0 fully saturated rings. The Kier molecular flexibility index (Phi) is 3.80. The highest BCUT2D eigenvalue weighted by molar-refractivity contribution is 7.12. The van der Waals surface area contributed by atoms with E-state index in [-0.39, 0.29) is 0 Å². The second-order valence-electron chi connectivity index (χ2n) is 3.41. The van der Waals surface area contributed by atoms with Crippen LogP contribution in [0.5, 0.6) is 0 Å². The van der Waals surface area contributed by atoms with Gasteiger partial charge in [-0.05, 0) is 30.7 Å². The summed E-state index contributed by atoms with van der Waals surface area (Å²) in [5.74, 6) is 0.746. The standard InChI is InChI=1S/C12H13ClN2S/c1-2-9-5-6-10(16-9)8-15-12-11(13)4-3-7-14-12/h3-7H,2,8H2,1H3,(H,14,15). The third-order valence-corrected chi connectivity index (χ3v) is 3.79. The molecule has 0 unspecified atom stereocenters. The van der Waals surface area contributed by atoms with Gasteiger partial charge in [0.1, 0.15) is 5.82 Å². The van der Waals surface area contributed by atoms with Crippen LogP contribution in [0.2, 0.25) is 5.02 Å². The fourth-order valence-electron chi connectivity index (χ4n) is 1.39. The van der Waals surface area contributed by atoms with E-state index in [9.17, 15) is 0 Å². The maximum Gasteiger partial charge on any atom is 0.145 e. The van der Waals surface area contributed by atoms with Crippen molar-refractivity contribution in [3.05, 3.63) is 45.2 Å². The van der Waals surface area contributed by atoms with Crippen LogP contribution in [0.1, 0.15) is 16.7 Å². The zero-order valence-electron chi connectivity index (χ0n) is 9.03. The molecule has 0 bridgehead atoms. The van der Waals surface area contributed by atoms with Crippen molar-refractivity contribution in [2.24, 2.45) is 0 Å². The van der Waals surface area contributed by atoms with E-state index >= 15 is 0 Å². The van der Waals surface area contributed by atoms with Crippen LogP contribution in [0.4, 0.5) is 5.82 Å². The molecule has 84 valence electrons. The second kappa shape index (κ2) is 5.32. The van der Waals surface area contributed by atoms with Crippen LogP contribution in [0.25, 0.3) is 0 Å². The summed E-state index contributed by atoms with van der Waals surface area (Å²) in [5.41, 5.74) is 0. The summed E-state index contributed by atoms with van der Waals surface area (Å²) < 4.78 is 0. The summed E-state index contributed by atoms with van der Waals surface area (Å²) in [5, 5.41) is 3.90. The Morgan fingerprint density at radius 1 is 1.31 bits per heavy atom. The van der Waals surface area contributed by atoms with E-state index in [1.807, 2.05) is 23.5 Å². The Balaban J connectivity index is 1.99. The average Bonchev–Trinajstić information content (AvgIpc) is 2.76. The smallest absolute Gasteiger partial charge is 0.145 e. The van der Waals surface area contributed by atoms with Crippen molar-refractivity contribution in [1.29, 1.82) is 0 Å². The van der Waals surface area contributed by atoms with Gasteiger partial charge in [-0.25, -0.2) is 4.98 Å². The number of rotatable bonds is 4. The van der Waals surface area contributed by atoms with Crippen molar-refractivity contribution < 1.29 is 0 Å². The molecule has 0 saturated heterocycles. The Hall–Kier alpha value is -1.06. The number of hydrogen-bond donors (Lipinski definition) is 1. The number of hydrogen-bond acceptors (Lipinski definition) is 3. The van der Waals surface area contributed by atoms with E-state index in [0.717, 1.165) is 18.8 Å². The predicted molar refractivity (Wildman–Crippen MR) is 70.3 cm³/mol. The molecule has 2 aromatic rings. The SMILES string of the molecule is CCc1ccc(CNc2ncccc2Cl)s1. The van der Waals surface area contributed by atoms with Crippen LogP contribution < -0.4 is 5.32 Å². The number of aryl methyl sites for hydroxylation is 1. The number of thiophene rings is 1. The average molecular weight is 253 g/mol. The van der Waals surface area contributed by atoms with E-state index in [1.165, 1.54) is 9.75 Å². The number of pyridine rings is 1. The molecule has 0 aliphatic rings. The van der Waals surface area contributed by atoms with Gasteiger partial charge < -0.3 is 5.32 Å². The summed E-state index contributed by atoms with van der Waals surface area (Å²) >= 11 is 7.83. The molecule has 4 heteroatoms. The van der Waals surface area contributed by atoms with Gasteiger partial charge in [0.2, 0.25) is 0 Å².